The largest absolute Gasteiger partial charge is 0.380 e. The van der Waals surface area contributed by atoms with Gasteiger partial charge < -0.3 is 4.74 Å². The highest BCUT2D eigenvalue weighted by Crippen LogP contribution is 2.21. The summed E-state index contributed by atoms with van der Waals surface area (Å²) in [5.41, 5.74) is 1.62. The average molecular weight is 330 g/mol. The first-order valence-electron chi connectivity index (χ1n) is 5.86. The molecule has 0 bridgehead atoms. The number of hydrogen-bond acceptors (Lipinski definition) is 3. The summed E-state index contributed by atoms with van der Waals surface area (Å²) in [7, 11) is 0.445. The molecule has 0 spiro atoms. The highest BCUT2D eigenvalue weighted by molar-refractivity contribution is 7.84. The van der Waals surface area contributed by atoms with Gasteiger partial charge in [-0.1, -0.05) is 35.3 Å². The lowest BCUT2D eigenvalue weighted by Crippen LogP contribution is -2.00. The number of halogens is 2. The van der Waals surface area contributed by atoms with E-state index < -0.39 is 10.8 Å². The number of benzene rings is 1. The fourth-order valence-electron chi connectivity index (χ4n) is 1.66. The molecule has 0 amide bonds. The molecule has 1 heterocycles. The third-order valence-corrected chi connectivity index (χ3v) is 4.52. The lowest BCUT2D eigenvalue weighted by atomic mass is 10.2. The van der Waals surface area contributed by atoms with Crippen LogP contribution in [0.5, 0.6) is 0 Å². The number of hydrogen-bond donors (Lipinski definition) is 0. The van der Waals surface area contributed by atoms with E-state index >= 15 is 0 Å². The summed E-state index contributed by atoms with van der Waals surface area (Å²) in [5.74, 6) is 0.264. The number of ether oxygens (including phenoxy) is 1. The van der Waals surface area contributed by atoms with Gasteiger partial charge in [0.05, 0.1) is 38.9 Å². The summed E-state index contributed by atoms with van der Waals surface area (Å²) in [6.45, 7) is 0.539. The van der Waals surface area contributed by atoms with Crippen molar-refractivity contribution in [1.82, 2.24) is 4.98 Å². The molecule has 0 aliphatic rings. The molecule has 0 unspecified atom stereocenters. The van der Waals surface area contributed by atoms with Crippen LogP contribution in [-0.2, 0) is 27.9 Å². The molecular formula is C14H13Cl2NO2S. The fourth-order valence-corrected chi connectivity index (χ4v) is 3.27. The van der Waals surface area contributed by atoms with Crippen LogP contribution < -0.4 is 0 Å². The van der Waals surface area contributed by atoms with Crippen molar-refractivity contribution in [3.8, 4) is 0 Å². The Balaban J connectivity index is 2.11. The van der Waals surface area contributed by atoms with Gasteiger partial charge in [0.2, 0.25) is 0 Å². The number of methoxy groups -OCH3 is 1. The maximum atomic E-state index is 12.3. The Morgan fingerprint density at radius 2 is 1.95 bits per heavy atom. The van der Waals surface area contributed by atoms with Crippen molar-refractivity contribution in [3.05, 3.63) is 57.8 Å². The van der Waals surface area contributed by atoms with E-state index in [1.54, 1.807) is 13.2 Å². The van der Waals surface area contributed by atoms with Gasteiger partial charge in [-0.2, -0.15) is 0 Å². The van der Waals surface area contributed by atoms with Crippen LogP contribution in [-0.4, -0.2) is 16.3 Å². The molecule has 0 radical (unpaired) electrons. The van der Waals surface area contributed by atoms with Crippen molar-refractivity contribution >= 4 is 34.0 Å². The Labute approximate surface area is 130 Å². The summed E-state index contributed by atoms with van der Waals surface area (Å²) in [5, 5.41) is 0.898. The lowest BCUT2D eigenvalue weighted by molar-refractivity contribution is 0.185. The Hall–Kier alpha value is -0.940. The maximum absolute atomic E-state index is 12.3. The molecular weight excluding hydrogens is 317 g/mol. The molecule has 2 aromatic rings. The van der Waals surface area contributed by atoms with Crippen molar-refractivity contribution in [1.29, 1.82) is 0 Å². The number of pyridine rings is 1. The molecule has 0 aliphatic heterocycles. The summed E-state index contributed by atoms with van der Waals surface area (Å²) in [6.07, 6.45) is 1.50. The second-order valence-electron chi connectivity index (χ2n) is 4.15. The van der Waals surface area contributed by atoms with E-state index in [0.717, 1.165) is 10.5 Å². The van der Waals surface area contributed by atoms with Gasteiger partial charge in [0.1, 0.15) is 0 Å². The van der Waals surface area contributed by atoms with Crippen molar-refractivity contribution in [2.75, 3.05) is 7.11 Å². The second-order valence-corrected chi connectivity index (χ2v) is 6.44. The first-order valence-corrected chi connectivity index (χ1v) is 7.94. The van der Waals surface area contributed by atoms with Crippen LogP contribution in [0.1, 0.15) is 11.3 Å². The van der Waals surface area contributed by atoms with Gasteiger partial charge in [-0.15, -0.1) is 0 Å². The number of rotatable bonds is 5. The Morgan fingerprint density at radius 3 is 2.55 bits per heavy atom. The smallest absolute Gasteiger partial charge is 0.0720 e. The predicted molar refractivity (Wildman–Crippen MR) is 81.5 cm³/mol. The monoisotopic (exact) mass is 329 g/mol. The maximum Gasteiger partial charge on any atom is 0.0720 e. The normalized spacial score (nSPS) is 12.3. The predicted octanol–water partition coefficient (Wildman–Crippen LogP) is 3.84. The van der Waals surface area contributed by atoms with Crippen molar-refractivity contribution in [3.63, 3.8) is 0 Å². The molecule has 2 rings (SSSR count). The summed E-state index contributed by atoms with van der Waals surface area (Å²) in [4.78, 5) is 4.85. The van der Waals surface area contributed by atoms with E-state index in [1.807, 2.05) is 24.3 Å². The minimum Gasteiger partial charge on any atom is -0.380 e. The van der Waals surface area contributed by atoms with Crippen LogP contribution >= 0.6 is 23.2 Å². The Bertz CT molecular complexity index is 617. The topological polar surface area (TPSA) is 39.2 Å². The number of nitrogens with zero attached hydrogens (tertiary/aromatic N) is 1. The summed E-state index contributed by atoms with van der Waals surface area (Å²) < 4.78 is 17.3. The van der Waals surface area contributed by atoms with Gasteiger partial charge >= 0.3 is 0 Å². The van der Waals surface area contributed by atoms with E-state index in [-0.39, 0.29) is 5.75 Å². The molecule has 0 saturated carbocycles. The van der Waals surface area contributed by atoms with Gasteiger partial charge in [-0.25, -0.2) is 0 Å². The summed E-state index contributed by atoms with van der Waals surface area (Å²) in [6, 6.07) is 9.05. The van der Waals surface area contributed by atoms with E-state index in [4.69, 9.17) is 27.9 Å². The Kier molecular flexibility index (Phi) is 5.54. The first-order chi connectivity index (χ1) is 9.60. The molecule has 1 aromatic carbocycles. The molecule has 1 aromatic heterocycles. The van der Waals surface area contributed by atoms with Crippen molar-refractivity contribution in [2.24, 2.45) is 0 Å². The molecule has 20 heavy (non-hydrogen) atoms. The molecule has 1 atom stereocenters. The fraction of sp³-hybridized carbons (Fsp3) is 0.214. The van der Waals surface area contributed by atoms with E-state index in [0.29, 0.717) is 22.3 Å². The van der Waals surface area contributed by atoms with Crippen LogP contribution in [0.4, 0.5) is 0 Å². The molecule has 3 nitrogen and oxygen atoms in total. The highest BCUT2D eigenvalue weighted by atomic mass is 35.5. The molecule has 0 N–H and O–H groups in total. The van der Waals surface area contributed by atoms with E-state index in [1.165, 1.54) is 6.20 Å². The van der Waals surface area contributed by atoms with Crippen LogP contribution in [0.15, 0.2) is 41.4 Å². The molecule has 0 aliphatic carbocycles. The zero-order chi connectivity index (χ0) is 14.5. The van der Waals surface area contributed by atoms with E-state index in [9.17, 15) is 4.21 Å². The SMILES string of the molecule is COCc1ccc([S@](=O)Cc2ncc(Cl)cc2Cl)cc1. The second kappa shape index (κ2) is 7.18. The lowest BCUT2D eigenvalue weighted by Gasteiger charge is -2.05. The van der Waals surface area contributed by atoms with Crippen LogP contribution in [0, 0.1) is 0 Å². The zero-order valence-electron chi connectivity index (χ0n) is 10.8. The average Bonchev–Trinajstić information content (AvgIpc) is 2.43. The first kappa shape index (κ1) is 15.4. The van der Waals surface area contributed by atoms with Gasteiger partial charge in [-0.05, 0) is 23.8 Å². The van der Waals surface area contributed by atoms with Gasteiger partial charge in [-0.3, -0.25) is 9.19 Å². The highest BCUT2D eigenvalue weighted by Gasteiger charge is 2.10. The molecule has 106 valence electrons. The minimum absolute atomic E-state index is 0.264. The van der Waals surface area contributed by atoms with Gasteiger partial charge in [0.25, 0.3) is 0 Å². The van der Waals surface area contributed by atoms with Crippen LogP contribution in [0.25, 0.3) is 0 Å². The third-order valence-electron chi connectivity index (χ3n) is 2.65. The standard InChI is InChI=1S/C14H13Cl2NO2S/c1-19-8-10-2-4-12(5-3-10)20(18)9-14-13(16)6-11(15)7-17-14/h2-7H,8-9H2,1H3/t20-/m1/s1. The number of aromatic nitrogens is 1. The minimum atomic E-state index is -1.19. The molecule has 6 heteroatoms. The van der Waals surface area contributed by atoms with Crippen LogP contribution in [0.3, 0.4) is 0 Å². The van der Waals surface area contributed by atoms with Gasteiger partial charge in [0, 0.05) is 18.2 Å². The summed E-state index contributed by atoms with van der Waals surface area (Å²) >= 11 is 11.8. The molecule has 0 fully saturated rings. The van der Waals surface area contributed by atoms with Crippen LogP contribution in [0.2, 0.25) is 10.0 Å². The quantitative estimate of drug-likeness (QED) is 0.836. The Morgan fingerprint density at radius 1 is 1.25 bits per heavy atom. The van der Waals surface area contributed by atoms with E-state index in [2.05, 4.69) is 4.98 Å². The van der Waals surface area contributed by atoms with Crippen molar-refractivity contribution in [2.45, 2.75) is 17.3 Å². The van der Waals surface area contributed by atoms with Crippen molar-refractivity contribution < 1.29 is 8.95 Å². The van der Waals surface area contributed by atoms with Gasteiger partial charge in [0.15, 0.2) is 0 Å². The molecule has 0 saturated heterocycles. The zero-order valence-corrected chi connectivity index (χ0v) is 13.1. The third kappa shape index (κ3) is 4.03.